The van der Waals surface area contributed by atoms with Crippen molar-refractivity contribution in [2.24, 2.45) is 5.73 Å². The fourth-order valence-electron chi connectivity index (χ4n) is 1.54. The number of carbonyl (C=O) groups is 1. The highest BCUT2D eigenvalue weighted by atomic mass is 16.5. The van der Waals surface area contributed by atoms with Gasteiger partial charge in [-0.25, -0.2) is 0 Å². The third-order valence-corrected chi connectivity index (χ3v) is 2.37. The minimum absolute atomic E-state index is 0.185. The molecule has 0 aliphatic carbocycles. The van der Waals surface area contributed by atoms with E-state index in [0.717, 1.165) is 5.56 Å². The number of carbonyl (C=O) groups excluding carboxylic acids is 1. The second-order valence-corrected chi connectivity index (χ2v) is 3.93. The first kappa shape index (κ1) is 13.5. The number of ether oxygens (including phenoxy) is 1. The molecule has 0 aromatic heterocycles. The van der Waals surface area contributed by atoms with Gasteiger partial charge in [0, 0.05) is 20.7 Å². The van der Waals surface area contributed by atoms with E-state index < -0.39 is 6.04 Å². The lowest BCUT2D eigenvalue weighted by atomic mass is 10.2. The van der Waals surface area contributed by atoms with Gasteiger partial charge in [0.2, 0.25) is 5.91 Å². The summed E-state index contributed by atoms with van der Waals surface area (Å²) >= 11 is 0. The summed E-state index contributed by atoms with van der Waals surface area (Å²) in [6.07, 6.45) is 0. The molecule has 1 aromatic carbocycles. The van der Waals surface area contributed by atoms with Gasteiger partial charge in [-0.3, -0.25) is 4.79 Å². The molecule has 17 heavy (non-hydrogen) atoms. The minimum Gasteiger partial charge on any atom is -0.508 e. The van der Waals surface area contributed by atoms with Crippen molar-refractivity contribution in [3.63, 3.8) is 0 Å². The van der Waals surface area contributed by atoms with Crippen LogP contribution in [0.15, 0.2) is 24.3 Å². The van der Waals surface area contributed by atoms with Crippen molar-refractivity contribution in [1.29, 1.82) is 0 Å². The predicted molar refractivity (Wildman–Crippen MR) is 64.4 cm³/mol. The minimum atomic E-state index is -0.651. The summed E-state index contributed by atoms with van der Waals surface area (Å²) in [6, 6.07) is 6.12. The van der Waals surface area contributed by atoms with E-state index in [2.05, 4.69) is 0 Å². The molecule has 5 nitrogen and oxygen atoms in total. The Kier molecular flexibility index (Phi) is 4.93. The maximum absolute atomic E-state index is 11.8. The highest BCUT2D eigenvalue weighted by Crippen LogP contribution is 2.12. The number of hydrogen-bond donors (Lipinski definition) is 2. The van der Waals surface area contributed by atoms with Crippen LogP contribution >= 0.6 is 0 Å². The molecule has 0 spiro atoms. The van der Waals surface area contributed by atoms with E-state index in [1.807, 2.05) is 6.07 Å². The SMILES string of the molecule is COCC(N)C(=O)N(C)Cc1cccc(O)c1. The summed E-state index contributed by atoms with van der Waals surface area (Å²) in [5.74, 6) is -0.000248. The molecule has 1 rings (SSSR count). The van der Waals surface area contributed by atoms with Gasteiger partial charge in [-0.1, -0.05) is 12.1 Å². The van der Waals surface area contributed by atoms with Crippen LogP contribution in [-0.4, -0.2) is 42.7 Å². The molecule has 1 unspecified atom stereocenters. The highest BCUT2D eigenvalue weighted by Gasteiger charge is 2.17. The fraction of sp³-hybridized carbons (Fsp3) is 0.417. The first-order valence-corrected chi connectivity index (χ1v) is 5.32. The van der Waals surface area contributed by atoms with Crippen LogP contribution in [0, 0.1) is 0 Å². The number of nitrogens with two attached hydrogens (primary N) is 1. The van der Waals surface area contributed by atoms with E-state index in [-0.39, 0.29) is 18.3 Å². The van der Waals surface area contributed by atoms with Crippen molar-refractivity contribution < 1.29 is 14.6 Å². The van der Waals surface area contributed by atoms with Crippen LogP contribution < -0.4 is 5.73 Å². The Balaban J connectivity index is 2.59. The first-order chi connectivity index (χ1) is 8.04. The molecule has 5 heteroatoms. The third kappa shape index (κ3) is 4.05. The van der Waals surface area contributed by atoms with Gasteiger partial charge < -0.3 is 20.5 Å². The summed E-state index contributed by atoms with van der Waals surface area (Å²) in [7, 11) is 3.17. The van der Waals surface area contributed by atoms with E-state index in [1.54, 1.807) is 25.2 Å². The molecule has 94 valence electrons. The number of amides is 1. The average molecular weight is 238 g/mol. The van der Waals surface area contributed by atoms with Gasteiger partial charge in [-0.2, -0.15) is 0 Å². The van der Waals surface area contributed by atoms with Crippen molar-refractivity contribution in [3.8, 4) is 5.75 Å². The van der Waals surface area contributed by atoms with E-state index in [4.69, 9.17) is 10.5 Å². The van der Waals surface area contributed by atoms with Gasteiger partial charge in [-0.05, 0) is 17.7 Å². The number of likely N-dealkylation sites (N-methyl/N-ethyl adjacent to an activating group) is 1. The number of benzene rings is 1. The summed E-state index contributed by atoms with van der Waals surface area (Å²) in [5, 5.41) is 9.31. The molecule has 0 heterocycles. The predicted octanol–water partition coefficient (Wildman–Crippen LogP) is 0.324. The molecule has 1 atom stereocenters. The summed E-state index contributed by atoms with van der Waals surface area (Å²) in [5.41, 5.74) is 6.50. The Morgan fingerprint density at radius 2 is 2.29 bits per heavy atom. The number of phenolic OH excluding ortho intramolecular Hbond substituents is 1. The molecular formula is C12H18N2O3. The Morgan fingerprint density at radius 3 is 2.88 bits per heavy atom. The second kappa shape index (κ2) is 6.22. The van der Waals surface area contributed by atoms with Crippen molar-refractivity contribution in [3.05, 3.63) is 29.8 Å². The van der Waals surface area contributed by atoms with E-state index in [9.17, 15) is 9.90 Å². The van der Waals surface area contributed by atoms with Gasteiger partial charge in [-0.15, -0.1) is 0 Å². The molecule has 0 saturated carbocycles. The van der Waals surface area contributed by atoms with Gasteiger partial charge >= 0.3 is 0 Å². The van der Waals surface area contributed by atoms with Crippen molar-refractivity contribution in [2.45, 2.75) is 12.6 Å². The normalized spacial score (nSPS) is 12.2. The molecule has 0 aliphatic rings. The smallest absolute Gasteiger partial charge is 0.241 e. The molecule has 0 aliphatic heterocycles. The maximum Gasteiger partial charge on any atom is 0.241 e. The molecule has 0 bridgehead atoms. The van der Waals surface area contributed by atoms with Crippen LogP contribution in [0.5, 0.6) is 5.75 Å². The largest absolute Gasteiger partial charge is 0.508 e. The summed E-state index contributed by atoms with van der Waals surface area (Å²) < 4.78 is 4.83. The summed E-state index contributed by atoms with van der Waals surface area (Å²) in [4.78, 5) is 13.3. The molecule has 1 amide bonds. The Morgan fingerprint density at radius 1 is 1.59 bits per heavy atom. The fourth-order valence-corrected chi connectivity index (χ4v) is 1.54. The standard InChI is InChI=1S/C12H18N2O3/c1-14(12(16)11(13)8-17-2)7-9-4-3-5-10(15)6-9/h3-6,11,15H,7-8,13H2,1-2H3. The molecular weight excluding hydrogens is 220 g/mol. The number of phenols is 1. The zero-order valence-corrected chi connectivity index (χ0v) is 10.1. The van der Waals surface area contributed by atoms with Crippen LogP contribution in [0.25, 0.3) is 0 Å². The van der Waals surface area contributed by atoms with Crippen LogP contribution in [0.3, 0.4) is 0 Å². The first-order valence-electron chi connectivity index (χ1n) is 5.32. The Bertz CT molecular complexity index is 382. The van der Waals surface area contributed by atoms with E-state index in [1.165, 1.54) is 12.0 Å². The zero-order valence-electron chi connectivity index (χ0n) is 10.1. The number of rotatable bonds is 5. The van der Waals surface area contributed by atoms with Crippen LogP contribution in [0.2, 0.25) is 0 Å². The average Bonchev–Trinajstić information content (AvgIpc) is 2.28. The molecule has 3 N–H and O–H groups in total. The monoisotopic (exact) mass is 238 g/mol. The molecule has 0 radical (unpaired) electrons. The van der Waals surface area contributed by atoms with E-state index >= 15 is 0 Å². The Hall–Kier alpha value is -1.59. The lowest BCUT2D eigenvalue weighted by molar-refractivity contribution is -0.132. The van der Waals surface area contributed by atoms with Crippen LogP contribution in [0.1, 0.15) is 5.56 Å². The van der Waals surface area contributed by atoms with Crippen LogP contribution in [0.4, 0.5) is 0 Å². The van der Waals surface area contributed by atoms with Crippen LogP contribution in [-0.2, 0) is 16.1 Å². The number of hydrogen-bond acceptors (Lipinski definition) is 4. The third-order valence-electron chi connectivity index (χ3n) is 2.37. The highest BCUT2D eigenvalue weighted by molar-refractivity contribution is 5.81. The zero-order chi connectivity index (χ0) is 12.8. The van der Waals surface area contributed by atoms with Crippen molar-refractivity contribution >= 4 is 5.91 Å². The topological polar surface area (TPSA) is 75.8 Å². The van der Waals surface area contributed by atoms with Crippen molar-refractivity contribution in [1.82, 2.24) is 4.90 Å². The lowest BCUT2D eigenvalue weighted by Crippen LogP contribution is -2.44. The molecule has 0 fully saturated rings. The summed E-state index contributed by atoms with van der Waals surface area (Å²) in [6.45, 7) is 0.605. The van der Waals surface area contributed by atoms with Gasteiger partial charge in [0.05, 0.1) is 6.61 Å². The Labute approximate surface area is 101 Å². The van der Waals surface area contributed by atoms with Crippen molar-refractivity contribution in [2.75, 3.05) is 20.8 Å². The molecule has 1 aromatic rings. The lowest BCUT2D eigenvalue weighted by Gasteiger charge is -2.21. The maximum atomic E-state index is 11.8. The van der Waals surface area contributed by atoms with Gasteiger partial charge in [0.25, 0.3) is 0 Å². The number of aromatic hydroxyl groups is 1. The number of methoxy groups -OCH3 is 1. The quantitative estimate of drug-likeness (QED) is 0.775. The number of nitrogens with zero attached hydrogens (tertiary/aromatic N) is 1. The molecule has 0 saturated heterocycles. The second-order valence-electron chi connectivity index (χ2n) is 3.93. The van der Waals surface area contributed by atoms with E-state index in [0.29, 0.717) is 6.54 Å². The van der Waals surface area contributed by atoms with Gasteiger partial charge in [0.15, 0.2) is 0 Å². The van der Waals surface area contributed by atoms with Gasteiger partial charge in [0.1, 0.15) is 11.8 Å².